The van der Waals surface area contributed by atoms with Gasteiger partial charge in [-0.3, -0.25) is 0 Å². The smallest absolute Gasteiger partial charge is 0.187 e. The summed E-state index contributed by atoms with van der Waals surface area (Å²) in [5, 5.41) is 20.0. The van der Waals surface area contributed by atoms with Crippen LogP contribution in [0.2, 0.25) is 5.02 Å². The van der Waals surface area contributed by atoms with E-state index in [-0.39, 0.29) is 31.0 Å². The van der Waals surface area contributed by atoms with Gasteiger partial charge < -0.3 is 15.2 Å². The molecular formula is C20H19ClF2N2O4S. The summed E-state index contributed by atoms with van der Waals surface area (Å²) in [7, 11) is -4.21. The van der Waals surface area contributed by atoms with Crippen LogP contribution in [0.25, 0.3) is 0 Å². The first kappa shape index (κ1) is 22.4. The van der Waals surface area contributed by atoms with E-state index in [1.165, 1.54) is 24.3 Å². The van der Waals surface area contributed by atoms with Gasteiger partial charge in [0.05, 0.1) is 29.0 Å². The highest BCUT2D eigenvalue weighted by Crippen LogP contribution is 2.43. The molecule has 1 unspecified atom stereocenters. The summed E-state index contributed by atoms with van der Waals surface area (Å²) >= 11 is 5.85. The number of nitriles is 1. The fraction of sp³-hybridized carbons (Fsp3) is 0.350. The highest BCUT2D eigenvalue weighted by atomic mass is 35.5. The zero-order valence-corrected chi connectivity index (χ0v) is 17.3. The standard InChI is InChI=1S/C20H19ClF2N2O4S/c21-12-1-3-14(4-2-12)30(27,28)20-17(25-13(7-9-24)8-10-26)11-29-19-16(23)6-5-15(22)18(19)20/h1-6,13,17,20,25-26H,7-8,10-11H2/t13?,17-,20+/m1/s1. The van der Waals surface area contributed by atoms with Crippen LogP contribution in [-0.4, -0.2) is 38.8 Å². The summed E-state index contributed by atoms with van der Waals surface area (Å²) in [6, 6.07) is 7.51. The fourth-order valence-corrected chi connectivity index (χ4v) is 5.57. The summed E-state index contributed by atoms with van der Waals surface area (Å²) in [6.45, 7) is -0.501. The molecule has 0 bridgehead atoms. The number of benzene rings is 2. The Morgan fingerprint density at radius 1 is 1.23 bits per heavy atom. The maximum Gasteiger partial charge on any atom is 0.187 e. The van der Waals surface area contributed by atoms with Crippen molar-refractivity contribution >= 4 is 21.4 Å². The van der Waals surface area contributed by atoms with E-state index in [9.17, 15) is 22.3 Å². The zero-order valence-electron chi connectivity index (χ0n) is 15.7. The molecule has 0 amide bonds. The van der Waals surface area contributed by atoms with Crippen molar-refractivity contribution in [1.29, 1.82) is 5.26 Å². The lowest BCUT2D eigenvalue weighted by atomic mass is 9.99. The average molecular weight is 457 g/mol. The van der Waals surface area contributed by atoms with Gasteiger partial charge >= 0.3 is 0 Å². The van der Waals surface area contributed by atoms with Gasteiger partial charge in [0.25, 0.3) is 0 Å². The van der Waals surface area contributed by atoms with Crippen molar-refractivity contribution in [3.05, 3.63) is 58.6 Å². The molecule has 3 rings (SSSR count). The van der Waals surface area contributed by atoms with Crippen molar-refractivity contribution in [2.24, 2.45) is 0 Å². The second-order valence-electron chi connectivity index (χ2n) is 6.85. The topological polar surface area (TPSA) is 99.4 Å². The van der Waals surface area contributed by atoms with E-state index in [0.717, 1.165) is 12.1 Å². The van der Waals surface area contributed by atoms with Crippen LogP contribution in [0.5, 0.6) is 5.75 Å². The quantitative estimate of drug-likeness (QED) is 0.664. The summed E-state index contributed by atoms with van der Waals surface area (Å²) < 4.78 is 61.4. The number of aliphatic hydroxyl groups excluding tert-OH is 1. The predicted octanol–water partition coefficient (Wildman–Crippen LogP) is 3.15. The van der Waals surface area contributed by atoms with E-state index in [1.807, 2.05) is 6.07 Å². The van der Waals surface area contributed by atoms with Crippen molar-refractivity contribution in [3.63, 3.8) is 0 Å². The third-order valence-corrected chi connectivity index (χ3v) is 7.31. The lowest BCUT2D eigenvalue weighted by Crippen LogP contribution is -2.50. The molecule has 2 N–H and O–H groups in total. The number of hydrogen-bond donors (Lipinski definition) is 2. The summed E-state index contributed by atoms with van der Waals surface area (Å²) in [5.74, 6) is -2.24. The third-order valence-electron chi connectivity index (χ3n) is 4.89. The highest BCUT2D eigenvalue weighted by molar-refractivity contribution is 7.91. The molecule has 2 aromatic carbocycles. The number of ether oxygens (including phenoxy) is 1. The molecule has 3 atom stereocenters. The Labute approximate surface area is 178 Å². The van der Waals surface area contributed by atoms with Crippen molar-refractivity contribution in [2.75, 3.05) is 13.2 Å². The van der Waals surface area contributed by atoms with E-state index in [4.69, 9.17) is 21.6 Å². The molecule has 0 spiro atoms. The number of halogens is 3. The maximum atomic E-state index is 14.8. The van der Waals surface area contributed by atoms with Gasteiger partial charge in [0, 0.05) is 17.7 Å². The Hall–Kier alpha value is -2.25. The normalized spacial score (nSPS) is 19.4. The molecule has 160 valence electrons. The molecule has 0 saturated heterocycles. The van der Waals surface area contributed by atoms with Crippen LogP contribution in [0.4, 0.5) is 8.78 Å². The van der Waals surface area contributed by atoms with Crippen LogP contribution in [0.1, 0.15) is 23.7 Å². The van der Waals surface area contributed by atoms with E-state index in [0.29, 0.717) is 5.02 Å². The minimum absolute atomic E-state index is 0.0107. The molecule has 1 aliphatic rings. The molecule has 10 heteroatoms. The molecule has 1 heterocycles. The Morgan fingerprint density at radius 2 is 1.90 bits per heavy atom. The van der Waals surface area contributed by atoms with Gasteiger partial charge in [-0.1, -0.05) is 11.6 Å². The molecule has 0 aromatic heterocycles. The van der Waals surface area contributed by atoms with Crippen molar-refractivity contribution in [1.82, 2.24) is 5.32 Å². The number of fused-ring (bicyclic) bond motifs is 1. The Morgan fingerprint density at radius 3 is 2.53 bits per heavy atom. The third kappa shape index (κ3) is 4.42. The van der Waals surface area contributed by atoms with E-state index < -0.39 is 50.1 Å². The molecular weight excluding hydrogens is 438 g/mol. The van der Waals surface area contributed by atoms with E-state index in [1.54, 1.807) is 0 Å². The van der Waals surface area contributed by atoms with Crippen LogP contribution < -0.4 is 10.1 Å². The summed E-state index contributed by atoms with van der Waals surface area (Å²) in [5.41, 5.74) is -0.409. The first-order valence-electron chi connectivity index (χ1n) is 9.13. The minimum atomic E-state index is -4.21. The molecule has 0 saturated carbocycles. The largest absolute Gasteiger partial charge is 0.488 e. The second kappa shape index (κ2) is 9.27. The molecule has 0 radical (unpaired) electrons. The minimum Gasteiger partial charge on any atom is -0.488 e. The van der Waals surface area contributed by atoms with E-state index >= 15 is 0 Å². The van der Waals surface area contributed by atoms with Crippen LogP contribution >= 0.6 is 11.6 Å². The first-order valence-corrected chi connectivity index (χ1v) is 11.1. The molecule has 6 nitrogen and oxygen atoms in total. The fourth-order valence-electron chi connectivity index (χ4n) is 3.51. The SMILES string of the molecule is N#CCC(CCO)N[C@@H]1COc2c(F)ccc(F)c2[C@H]1S(=O)(=O)c1ccc(Cl)cc1. The van der Waals surface area contributed by atoms with Gasteiger partial charge in [-0.05, 0) is 42.8 Å². The van der Waals surface area contributed by atoms with Gasteiger partial charge in [0.2, 0.25) is 0 Å². The van der Waals surface area contributed by atoms with Gasteiger partial charge in [-0.25, -0.2) is 17.2 Å². The first-order chi connectivity index (χ1) is 14.3. The lowest BCUT2D eigenvalue weighted by Gasteiger charge is -2.36. The molecule has 0 fully saturated rings. The van der Waals surface area contributed by atoms with Gasteiger partial charge in [-0.15, -0.1) is 0 Å². The van der Waals surface area contributed by atoms with Gasteiger partial charge in [-0.2, -0.15) is 5.26 Å². The molecule has 1 aliphatic heterocycles. The van der Waals surface area contributed by atoms with Crippen LogP contribution in [0.3, 0.4) is 0 Å². The monoisotopic (exact) mass is 456 g/mol. The van der Waals surface area contributed by atoms with Gasteiger partial charge in [0.15, 0.2) is 21.4 Å². The number of hydrogen-bond acceptors (Lipinski definition) is 6. The number of rotatable bonds is 7. The maximum absolute atomic E-state index is 14.8. The second-order valence-corrected chi connectivity index (χ2v) is 9.35. The van der Waals surface area contributed by atoms with Crippen LogP contribution in [0, 0.1) is 23.0 Å². The summed E-state index contributed by atoms with van der Waals surface area (Å²) in [6.07, 6.45) is 0.166. The van der Waals surface area contributed by atoms with Gasteiger partial charge in [0.1, 0.15) is 17.7 Å². The van der Waals surface area contributed by atoms with Crippen LogP contribution in [0.15, 0.2) is 41.3 Å². The van der Waals surface area contributed by atoms with E-state index in [2.05, 4.69) is 5.32 Å². The predicted molar refractivity (Wildman–Crippen MR) is 106 cm³/mol. The van der Waals surface area contributed by atoms with Crippen molar-refractivity contribution in [3.8, 4) is 11.8 Å². The zero-order chi connectivity index (χ0) is 21.9. The van der Waals surface area contributed by atoms with Crippen molar-refractivity contribution in [2.45, 2.75) is 35.1 Å². The number of sulfone groups is 1. The lowest BCUT2D eigenvalue weighted by molar-refractivity contribution is 0.196. The molecule has 0 aliphatic carbocycles. The number of aliphatic hydroxyl groups is 1. The Balaban J connectivity index is 2.12. The number of nitrogens with one attached hydrogen (secondary N) is 1. The molecule has 30 heavy (non-hydrogen) atoms. The summed E-state index contributed by atoms with van der Waals surface area (Å²) in [4.78, 5) is -0.112. The Kier molecular flexibility index (Phi) is 6.93. The van der Waals surface area contributed by atoms with Crippen LogP contribution in [-0.2, 0) is 9.84 Å². The Bertz CT molecular complexity index is 1060. The molecule has 2 aromatic rings. The average Bonchev–Trinajstić information content (AvgIpc) is 2.71. The number of nitrogens with zero attached hydrogens (tertiary/aromatic N) is 1. The van der Waals surface area contributed by atoms with Crippen molar-refractivity contribution < 1.29 is 27.0 Å². The highest BCUT2D eigenvalue weighted by Gasteiger charge is 2.44.